The molecule has 0 saturated carbocycles. The summed E-state index contributed by atoms with van der Waals surface area (Å²) in [5.74, 6) is 0. The Balaban J connectivity index is 1.91. The quantitative estimate of drug-likeness (QED) is 0.417. The molecule has 132 valence electrons. The maximum absolute atomic E-state index is 6.29. The summed E-state index contributed by atoms with van der Waals surface area (Å²) in [4.78, 5) is 3.89. The Labute approximate surface area is 153 Å². The fourth-order valence-electron chi connectivity index (χ4n) is 2.93. The summed E-state index contributed by atoms with van der Waals surface area (Å²) in [6, 6.07) is 17.9. The zero-order chi connectivity index (χ0) is 18.7. The molecule has 0 radical (unpaired) electrons. The monoisotopic (exact) mass is 345 g/mol. The second-order valence-electron chi connectivity index (χ2n) is 6.26. The van der Waals surface area contributed by atoms with Gasteiger partial charge in [0.05, 0.1) is 17.1 Å². The van der Waals surface area contributed by atoms with E-state index in [-0.39, 0.29) is 0 Å². The minimum Gasteiger partial charge on any atom is -0.398 e. The van der Waals surface area contributed by atoms with E-state index < -0.39 is 0 Å². The third-order valence-electron chi connectivity index (χ3n) is 4.45. The van der Waals surface area contributed by atoms with Gasteiger partial charge in [0.2, 0.25) is 0 Å². The molecule has 0 amide bonds. The van der Waals surface area contributed by atoms with Crippen molar-refractivity contribution in [1.82, 2.24) is 0 Å². The molecule has 0 saturated heterocycles. The van der Waals surface area contributed by atoms with Crippen LogP contribution in [0.2, 0.25) is 0 Å². The van der Waals surface area contributed by atoms with Gasteiger partial charge in [0, 0.05) is 17.8 Å². The SMILES string of the molecule is C=NCCc1ccc(-c2ccc(-c3cc(N)c(N)c(N)c3)c(N)c2)cc1. The maximum atomic E-state index is 6.29. The number of aliphatic imine (C=N–C) groups is 1. The van der Waals surface area contributed by atoms with Crippen molar-refractivity contribution in [1.29, 1.82) is 0 Å². The van der Waals surface area contributed by atoms with Gasteiger partial charge in [0.25, 0.3) is 0 Å². The Kier molecular flexibility index (Phi) is 4.80. The van der Waals surface area contributed by atoms with Crippen molar-refractivity contribution >= 4 is 29.5 Å². The molecule has 0 aliphatic rings. The minimum atomic E-state index is 0.399. The van der Waals surface area contributed by atoms with Crippen molar-refractivity contribution < 1.29 is 0 Å². The molecule has 5 nitrogen and oxygen atoms in total. The van der Waals surface area contributed by atoms with Gasteiger partial charge < -0.3 is 27.9 Å². The van der Waals surface area contributed by atoms with E-state index in [2.05, 4.69) is 36.0 Å². The van der Waals surface area contributed by atoms with Crippen LogP contribution in [-0.4, -0.2) is 13.3 Å². The highest BCUT2D eigenvalue weighted by atomic mass is 14.7. The van der Waals surface area contributed by atoms with Crippen molar-refractivity contribution in [2.75, 3.05) is 29.5 Å². The zero-order valence-electron chi connectivity index (χ0n) is 14.6. The second-order valence-corrected chi connectivity index (χ2v) is 6.26. The van der Waals surface area contributed by atoms with Crippen molar-refractivity contribution in [2.45, 2.75) is 6.42 Å². The molecule has 0 fully saturated rings. The predicted molar refractivity (Wildman–Crippen MR) is 113 cm³/mol. The number of nitrogens with zero attached hydrogens (tertiary/aromatic N) is 1. The molecule has 5 heteroatoms. The summed E-state index contributed by atoms with van der Waals surface area (Å²) in [6.07, 6.45) is 0.894. The molecule has 3 aromatic carbocycles. The van der Waals surface area contributed by atoms with Gasteiger partial charge in [-0.05, 0) is 53.6 Å². The first-order valence-corrected chi connectivity index (χ1v) is 8.35. The fourth-order valence-corrected chi connectivity index (χ4v) is 2.93. The smallest absolute Gasteiger partial charge is 0.0781 e. The minimum absolute atomic E-state index is 0.399. The van der Waals surface area contributed by atoms with E-state index in [1.165, 1.54) is 5.56 Å². The summed E-state index contributed by atoms with van der Waals surface area (Å²) in [5.41, 5.74) is 31.0. The molecule has 0 bridgehead atoms. The number of hydrogen-bond donors (Lipinski definition) is 4. The van der Waals surface area contributed by atoms with Crippen molar-refractivity contribution in [3.05, 3.63) is 60.2 Å². The van der Waals surface area contributed by atoms with Crippen LogP contribution in [0.25, 0.3) is 22.3 Å². The second kappa shape index (κ2) is 7.19. The first-order valence-electron chi connectivity index (χ1n) is 8.35. The lowest BCUT2D eigenvalue weighted by Gasteiger charge is -2.12. The molecule has 0 aromatic heterocycles. The van der Waals surface area contributed by atoms with Gasteiger partial charge in [0.15, 0.2) is 0 Å². The summed E-state index contributed by atoms with van der Waals surface area (Å²) in [7, 11) is 0. The van der Waals surface area contributed by atoms with E-state index in [1.54, 1.807) is 12.1 Å². The van der Waals surface area contributed by atoms with E-state index >= 15 is 0 Å². The molecule has 3 rings (SSSR count). The molecule has 0 heterocycles. The Hall–Kier alpha value is -3.47. The van der Waals surface area contributed by atoms with Gasteiger partial charge in [0.1, 0.15) is 0 Å². The standard InChI is InChI=1S/C21H23N5/c1-26-9-8-13-2-4-14(5-3-13)15-6-7-17(18(22)10-15)16-11-19(23)21(25)20(24)12-16/h2-7,10-12H,1,8-9,22-25H2. The first-order chi connectivity index (χ1) is 12.5. The number of hydrogen-bond acceptors (Lipinski definition) is 5. The van der Waals surface area contributed by atoms with E-state index in [1.807, 2.05) is 18.2 Å². The maximum Gasteiger partial charge on any atom is 0.0781 e. The molecular formula is C21H23N5. The fraction of sp³-hybridized carbons (Fsp3) is 0.0952. The number of benzene rings is 3. The zero-order valence-corrected chi connectivity index (χ0v) is 14.6. The van der Waals surface area contributed by atoms with E-state index in [0.717, 1.165) is 35.2 Å². The largest absolute Gasteiger partial charge is 0.398 e. The van der Waals surface area contributed by atoms with Crippen LogP contribution in [0.1, 0.15) is 5.56 Å². The number of nitrogens with two attached hydrogens (primary N) is 4. The average Bonchev–Trinajstić information content (AvgIpc) is 2.64. The van der Waals surface area contributed by atoms with Gasteiger partial charge in [-0.2, -0.15) is 0 Å². The van der Waals surface area contributed by atoms with Crippen LogP contribution >= 0.6 is 0 Å². The molecule has 0 unspecified atom stereocenters. The lowest BCUT2D eigenvalue weighted by Crippen LogP contribution is -2.01. The van der Waals surface area contributed by atoms with Gasteiger partial charge in [-0.25, -0.2) is 0 Å². The molecule has 0 atom stereocenters. The van der Waals surface area contributed by atoms with Crippen LogP contribution < -0.4 is 22.9 Å². The summed E-state index contributed by atoms with van der Waals surface area (Å²) >= 11 is 0. The highest BCUT2D eigenvalue weighted by molar-refractivity contribution is 5.89. The van der Waals surface area contributed by atoms with E-state index in [4.69, 9.17) is 22.9 Å². The van der Waals surface area contributed by atoms with Gasteiger partial charge in [-0.15, -0.1) is 0 Å². The highest BCUT2D eigenvalue weighted by Gasteiger charge is 2.09. The van der Waals surface area contributed by atoms with Crippen LogP contribution in [0.4, 0.5) is 22.7 Å². The molecule has 0 aliphatic heterocycles. The van der Waals surface area contributed by atoms with E-state index in [9.17, 15) is 0 Å². The Bertz CT molecular complexity index is 922. The van der Waals surface area contributed by atoms with Crippen molar-refractivity contribution in [2.24, 2.45) is 4.99 Å². The summed E-state index contributed by atoms with van der Waals surface area (Å²) in [6.45, 7) is 4.24. The molecule has 0 spiro atoms. The van der Waals surface area contributed by atoms with Crippen LogP contribution in [-0.2, 0) is 6.42 Å². The normalized spacial score (nSPS) is 10.6. The highest BCUT2D eigenvalue weighted by Crippen LogP contribution is 2.35. The van der Waals surface area contributed by atoms with Crippen LogP contribution in [0.5, 0.6) is 0 Å². The van der Waals surface area contributed by atoms with Crippen molar-refractivity contribution in [3.8, 4) is 22.3 Å². The third kappa shape index (κ3) is 3.47. The van der Waals surface area contributed by atoms with Gasteiger partial charge in [-0.1, -0.05) is 36.4 Å². The first kappa shape index (κ1) is 17.4. The Morgan fingerprint density at radius 1 is 0.692 bits per heavy atom. The molecule has 0 aliphatic carbocycles. The number of rotatable bonds is 5. The predicted octanol–water partition coefficient (Wildman–Crippen LogP) is 3.59. The summed E-state index contributed by atoms with van der Waals surface area (Å²) < 4.78 is 0. The molecule has 8 N–H and O–H groups in total. The number of anilines is 4. The topological polar surface area (TPSA) is 116 Å². The Morgan fingerprint density at radius 2 is 1.27 bits per heavy atom. The third-order valence-corrected chi connectivity index (χ3v) is 4.45. The van der Waals surface area contributed by atoms with Crippen molar-refractivity contribution in [3.63, 3.8) is 0 Å². The summed E-state index contributed by atoms with van der Waals surface area (Å²) in [5, 5.41) is 0. The lowest BCUT2D eigenvalue weighted by molar-refractivity contribution is 0.977. The van der Waals surface area contributed by atoms with Crippen LogP contribution in [0.15, 0.2) is 59.6 Å². The average molecular weight is 345 g/mol. The Morgan fingerprint density at radius 3 is 1.85 bits per heavy atom. The van der Waals surface area contributed by atoms with E-state index in [0.29, 0.717) is 22.7 Å². The molecule has 26 heavy (non-hydrogen) atoms. The molecule has 3 aromatic rings. The molecular weight excluding hydrogens is 322 g/mol. The van der Waals surface area contributed by atoms with Gasteiger partial charge in [-0.3, -0.25) is 0 Å². The lowest BCUT2D eigenvalue weighted by atomic mass is 9.96. The number of nitrogen functional groups attached to an aromatic ring is 4. The van der Waals surface area contributed by atoms with Gasteiger partial charge >= 0.3 is 0 Å². The van der Waals surface area contributed by atoms with Crippen LogP contribution in [0, 0.1) is 0 Å². The van der Waals surface area contributed by atoms with Crippen LogP contribution in [0.3, 0.4) is 0 Å².